The normalized spacial score (nSPS) is 22.7. The van der Waals surface area contributed by atoms with Crippen molar-refractivity contribution in [1.82, 2.24) is 15.1 Å². The Morgan fingerprint density at radius 2 is 1.73 bits per heavy atom. The average Bonchev–Trinajstić information content (AvgIpc) is 2.85. The lowest BCUT2D eigenvalue weighted by atomic mass is 9.85. The number of halogens is 4. The minimum Gasteiger partial charge on any atom is -0.496 e. The lowest BCUT2D eigenvalue weighted by Gasteiger charge is -2.47. The Morgan fingerprint density at radius 3 is 2.35 bits per heavy atom. The molecule has 1 amide bonds. The Morgan fingerprint density at radius 1 is 1.08 bits per heavy atom. The third-order valence-electron chi connectivity index (χ3n) is 7.60. The van der Waals surface area contributed by atoms with E-state index >= 15 is 8.78 Å². The first kappa shape index (κ1) is 27.4. The highest BCUT2D eigenvalue weighted by atomic mass is 19.3. The summed E-state index contributed by atoms with van der Waals surface area (Å²) in [5.41, 5.74) is 0.259. The van der Waals surface area contributed by atoms with Crippen LogP contribution in [0, 0.1) is 11.6 Å². The molecular weight excluding hydrogens is 486 g/mol. The van der Waals surface area contributed by atoms with Gasteiger partial charge in [-0.1, -0.05) is 24.3 Å². The van der Waals surface area contributed by atoms with Gasteiger partial charge in [0.2, 0.25) is 5.91 Å². The molecule has 202 valence electrons. The molecule has 2 aromatic carbocycles. The van der Waals surface area contributed by atoms with Crippen molar-refractivity contribution in [3.05, 3.63) is 53.6 Å². The molecule has 5 nitrogen and oxygen atoms in total. The molecule has 2 fully saturated rings. The van der Waals surface area contributed by atoms with E-state index in [9.17, 15) is 13.6 Å². The summed E-state index contributed by atoms with van der Waals surface area (Å²) in [7, 11) is 1.35. The van der Waals surface area contributed by atoms with Crippen LogP contribution in [0.3, 0.4) is 0 Å². The number of amides is 1. The Kier molecular flexibility index (Phi) is 8.43. The fraction of sp³-hybridized carbons (Fsp3) is 0.536. The highest BCUT2D eigenvalue weighted by molar-refractivity contribution is 5.82. The Bertz CT molecular complexity index is 1080. The third-order valence-corrected chi connectivity index (χ3v) is 7.60. The van der Waals surface area contributed by atoms with Crippen LogP contribution in [0.2, 0.25) is 0 Å². The first-order chi connectivity index (χ1) is 17.6. The highest BCUT2D eigenvalue weighted by Gasteiger charge is 2.49. The lowest BCUT2D eigenvalue weighted by Crippen LogP contribution is -2.64. The van der Waals surface area contributed by atoms with Crippen molar-refractivity contribution in [3.8, 4) is 16.9 Å². The monoisotopic (exact) mass is 521 g/mol. The van der Waals surface area contributed by atoms with Crippen LogP contribution in [0.1, 0.15) is 38.7 Å². The number of nitrogens with one attached hydrogen (secondary N) is 1. The zero-order valence-corrected chi connectivity index (χ0v) is 21.6. The van der Waals surface area contributed by atoms with Gasteiger partial charge in [0.25, 0.3) is 5.92 Å². The molecule has 2 aromatic rings. The molecule has 9 heteroatoms. The molecule has 0 unspecified atom stereocenters. The van der Waals surface area contributed by atoms with Crippen molar-refractivity contribution in [3.63, 3.8) is 0 Å². The zero-order valence-electron chi connectivity index (χ0n) is 21.6. The number of ether oxygens (including phenoxy) is 1. The van der Waals surface area contributed by atoms with Crippen molar-refractivity contribution in [2.75, 3.05) is 33.3 Å². The van der Waals surface area contributed by atoms with Gasteiger partial charge < -0.3 is 10.1 Å². The number of carbonyl (C=O) groups is 1. The molecule has 1 saturated carbocycles. The minimum absolute atomic E-state index is 0.137. The number of piperazine rings is 1. The molecule has 0 bridgehead atoms. The molecule has 0 radical (unpaired) electrons. The van der Waals surface area contributed by atoms with Crippen LogP contribution in [0.15, 0.2) is 36.4 Å². The predicted molar refractivity (Wildman–Crippen MR) is 135 cm³/mol. The van der Waals surface area contributed by atoms with Crippen molar-refractivity contribution in [2.24, 2.45) is 0 Å². The van der Waals surface area contributed by atoms with Gasteiger partial charge in [0.1, 0.15) is 23.4 Å². The summed E-state index contributed by atoms with van der Waals surface area (Å²) in [5, 5.41) is 2.62. The van der Waals surface area contributed by atoms with Gasteiger partial charge in [-0.05, 0) is 38.8 Å². The van der Waals surface area contributed by atoms with E-state index in [4.69, 9.17) is 4.74 Å². The predicted octanol–water partition coefficient (Wildman–Crippen LogP) is 4.88. The molecule has 2 aliphatic rings. The van der Waals surface area contributed by atoms with E-state index in [0.717, 1.165) is 25.2 Å². The summed E-state index contributed by atoms with van der Waals surface area (Å²) in [4.78, 5) is 17.5. The second-order valence-electron chi connectivity index (χ2n) is 10.2. The van der Waals surface area contributed by atoms with Gasteiger partial charge in [-0.3, -0.25) is 14.6 Å². The molecule has 1 aliphatic carbocycles. The molecule has 1 saturated heterocycles. The van der Waals surface area contributed by atoms with E-state index in [2.05, 4.69) is 29.0 Å². The van der Waals surface area contributed by atoms with Gasteiger partial charge in [0.15, 0.2) is 0 Å². The van der Waals surface area contributed by atoms with Crippen LogP contribution in [-0.4, -0.2) is 73.0 Å². The second-order valence-corrected chi connectivity index (χ2v) is 10.2. The fourth-order valence-corrected chi connectivity index (χ4v) is 5.65. The van der Waals surface area contributed by atoms with Gasteiger partial charge in [0, 0.05) is 55.8 Å². The number of hydrogen-bond donors (Lipinski definition) is 1. The lowest BCUT2D eigenvalue weighted by molar-refractivity contribution is -0.133. The summed E-state index contributed by atoms with van der Waals surface area (Å²) < 4.78 is 64.6. The van der Waals surface area contributed by atoms with E-state index in [1.807, 2.05) is 0 Å². The van der Waals surface area contributed by atoms with Gasteiger partial charge in [-0.25, -0.2) is 17.6 Å². The summed E-state index contributed by atoms with van der Waals surface area (Å²) in [5.74, 6) is -5.00. The highest BCUT2D eigenvalue weighted by Crippen LogP contribution is 2.38. The number of alkyl halides is 2. The minimum atomic E-state index is -3.03. The first-order valence-electron chi connectivity index (χ1n) is 12.9. The van der Waals surface area contributed by atoms with Crippen molar-refractivity contribution < 1.29 is 27.1 Å². The molecule has 1 N–H and O–H groups in total. The number of nitrogens with zero attached hydrogens (tertiary/aromatic N) is 2. The van der Waals surface area contributed by atoms with Crippen molar-refractivity contribution in [2.45, 2.75) is 63.6 Å². The van der Waals surface area contributed by atoms with E-state index in [0.29, 0.717) is 37.5 Å². The summed E-state index contributed by atoms with van der Waals surface area (Å²) in [6, 6.07) is 6.86. The van der Waals surface area contributed by atoms with E-state index in [1.54, 1.807) is 12.1 Å². The van der Waals surface area contributed by atoms with Gasteiger partial charge in [0.05, 0.1) is 19.1 Å². The maximum atomic E-state index is 15.1. The topological polar surface area (TPSA) is 44.8 Å². The molecule has 0 aromatic heterocycles. The molecule has 1 heterocycles. The quantitative estimate of drug-likeness (QED) is 0.528. The van der Waals surface area contributed by atoms with Crippen LogP contribution in [0.5, 0.6) is 5.75 Å². The zero-order chi connectivity index (χ0) is 26.7. The first-order valence-corrected chi connectivity index (χ1v) is 12.9. The maximum Gasteiger partial charge on any atom is 0.269 e. The second kappa shape index (κ2) is 11.4. The summed E-state index contributed by atoms with van der Waals surface area (Å²) in [6.07, 6.45) is 0.464. The Hall–Kier alpha value is -2.65. The van der Waals surface area contributed by atoms with E-state index < -0.39 is 35.5 Å². The summed E-state index contributed by atoms with van der Waals surface area (Å²) in [6.45, 7) is 7.20. The fourth-order valence-electron chi connectivity index (χ4n) is 5.65. The number of carbonyl (C=O) groups excluding carboxylic acids is 1. The van der Waals surface area contributed by atoms with Crippen LogP contribution in [0.25, 0.3) is 11.1 Å². The summed E-state index contributed by atoms with van der Waals surface area (Å²) >= 11 is 0. The van der Waals surface area contributed by atoms with E-state index in [-0.39, 0.29) is 29.7 Å². The number of rotatable bonds is 7. The standard InChI is InChI=1S/C28H35F4N3O2/c1-18(2)34-13-15-35(16-14-34)23-11-6-12-28(31,32)27(23)33-24(36)17-19-7-4-8-20(26(19)37-3)25-21(29)9-5-10-22(25)30/h4-5,7-10,18,23,27H,6,11-17H2,1-3H3,(H,33,36)/t23-,27+/m0/s1. The SMILES string of the molecule is COc1c(CC(=O)N[C@@H]2[C@@H](N3CCN(C(C)C)CC3)CCCC2(F)F)cccc1-c1c(F)cccc1F. The smallest absolute Gasteiger partial charge is 0.269 e. The molecule has 1 aliphatic heterocycles. The van der Waals surface area contributed by atoms with Crippen molar-refractivity contribution in [1.29, 1.82) is 0 Å². The third kappa shape index (κ3) is 5.93. The van der Waals surface area contributed by atoms with Crippen LogP contribution in [0.4, 0.5) is 17.6 Å². The molecular formula is C28H35F4N3O2. The Balaban J connectivity index is 1.53. The van der Waals surface area contributed by atoms with Crippen LogP contribution >= 0.6 is 0 Å². The van der Waals surface area contributed by atoms with Crippen LogP contribution < -0.4 is 10.1 Å². The maximum absolute atomic E-state index is 15.1. The van der Waals surface area contributed by atoms with Gasteiger partial charge in [-0.15, -0.1) is 0 Å². The number of para-hydroxylation sites is 1. The van der Waals surface area contributed by atoms with E-state index in [1.165, 1.54) is 19.2 Å². The molecule has 37 heavy (non-hydrogen) atoms. The van der Waals surface area contributed by atoms with Crippen LogP contribution in [-0.2, 0) is 11.2 Å². The average molecular weight is 522 g/mol. The molecule has 4 rings (SSSR count). The Labute approximate surface area is 215 Å². The van der Waals surface area contributed by atoms with Gasteiger partial charge in [-0.2, -0.15) is 0 Å². The van der Waals surface area contributed by atoms with Gasteiger partial charge >= 0.3 is 0 Å². The molecule has 2 atom stereocenters. The number of benzene rings is 2. The van der Waals surface area contributed by atoms with Crippen molar-refractivity contribution >= 4 is 5.91 Å². The molecule has 0 spiro atoms. The number of methoxy groups -OCH3 is 1. The number of hydrogen-bond acceptors (Lipinski definition) is 4. The largest absolute Gasteiger partial charge is 0.496 e.